The van der Waals surface area contributed by atoms with Gasteiger partial charge in [0.2, 0.25) is 0 Å². The van der Waals surface area contributed by atoms with Gasteiger partial charge >= 0.3 is 0 Å². The highest BCUT2D eigenvalue weighted by molar-refractivity contribution is 5.81. The molecule has 1 saturated heterocycles. The maximum Gasteiger partial charge on any atom is 0.251 e. The Morgan fingerprint density at radius 1 is 1.41 bits per heavy atom. The number of aliphatic hydroxyl groups is 1. The molecule has 1 unspecified atom stereocenters. The van der Waals surface area contributed by atoms with Crippen LogP contribution in [0.15, 0.2) is 0 Å². The summed E-state index contributed by atoms with van der Waals surface area (Å²) in [6.45, 7) is 6.55. The molecule has 1 rings (SSSR count). The molecule has 1 heterocycles. The van der Waals surface area contributed by atoms with Gasteiger partial charge in [-0.15, -0.1) is 0 Å². The third-order valence-electron chi connectivity index (χ3n) is 3.31. The van der Waals surface area contributed by atoms with Crippen LogP contribution in [-0.2, 0) is 4.79 Å². The van der Waals surface area contributed by atoms with Gasteiger partial charge in [-0.05, 0) is 19.4 Å². The van der Waals surface area contributed by atoms with Crippen molar-refractivity contribution < 1.29 is 9.90 Å². The summed E-state index contributed by atoms with van der Waals surface area (Å²) in [4.78, 5) is 16.0. The molecule has 0 aromatic heterocycles. The highest BCUT2D eigenvalue weighted by Gasteiger charge is 2.25. The van der Waals surface area contributed by atoms with Crippen LogP contribution in [0.2, 0.25) is 0 Å². The number of carbonyl (C=O) groups excluding carboxylic acids is 1. The molecule has 1 fully saturated rings. The molecule has 1 aliphatic heterocycles. The first-order valence-corrected chi connectivity index (χ1v) is 6.30. The molecule has 4 N–H and O–H groups in total. The third kappa shape index (κ3) is 4.23. The summed E-state index contributed by atoms with van der Waals surface area (Å²) in [5.41, 5.74) is 2.24. The molecule has 0 radical (unpaired) electrons. The van der Waals surface area contributed by atoms with Crippen LogP contribution in [0.1, 0.15) is 19.8 Å². The third-order valence-corrected chi connectivity index (χ3v) is 3.31. The molecule has 0 aromatic rings. The van der Waals surface area contributed by atoms with Crippen LogP contribution in [0.5, 0.6) is 0 Å². The van der Waals surface area contributed by atoms with Gasteiger partial charge < -0.3 is 5.11 Å². The largest absolute Gasteiger partial charge is 0.395 e. The number of rotatable bonds is 5. The number of aliphatic hydroxyl groups excluding tert-OH is 1. The zero-order chi connectivity index (χ0) is 12.7. The van der Waals surface area contributed by atoms with Gasteiger partial charge in [-0.3, -0.25) is 20.0 Å². The molecule has 0 aromatic carbocycles. The van der Waals surface area contributed by atoms with Gasteiger partial charge in [0.15, 0.2) is 0 Å². The first kappa shape index (κ1) is 14.4. The van der Waals surface area contributed by atoms with Crippen molar-refractivity contribution in [2.24, 2.45) is 5.84 Å². The van der Waals surface area contributed by atoms with Crippen molar-refractivity contribution >= 4 is 5.91 Å². The smallest absolute Gasteiger partial charge is 0.251 e. The van der Waals surface area contributed by atoms with Gasteiger partial charge in [-0.1, -0.05) is 6.92 Å². The van der Waals surface area contributed by atoms with Crippen LogP contribution in [0.4, 0.5) is 0 Å². The fourth-order valence-corrected chi connectivity index (χ4v) is 2.37. The highest BCUT2D eigenvalue weighted by atomic mass is 16.3. The van der Waals surface area contributed by atoms with E-state index < -0.39 is 0 Å². The van der Waals surface area contributed by atoms with Crippen LogP contribution in [0.3, 0.4) is 0 Å². The number of nitrogens with one attached hydrogen (secondary N) is 1. The Hall–Kier alpha value is -0.690. The van der Waals surface area contributed by atoms with Gasteiger partial charge in [0.1, 0.15) is 0 Å². The van der Waals surface area contributed by atoms with Crippen LogP contribution in [-0.4, -0.2) is 66.2 Å². The number of carbonyl (C=O) groups is 1. The van der Waals surface area contributed by atoms with E-state index in [1.165, 1.54) is 0 Å². The molecule has 1 aliphatic rings. The SMILES string of the molecule is CCC(C(=O)NN)N1CCCN(CCO)CC1. The molecule has 0 saturated carbocycles. The van der Waals surface area contributed by atoms with E-state index in [9.17, 15) is 4.79 Å². The maximum atomic E-state index is 11.6. The Bertz CT molecular complexity index is 238. The van der Waals surface area contributed by atoms with E-state index in [-0.39, 0.29) is 18.6 Å². The lowest BCUT2D eigenvalue weighted by Gasteiger charge is -2.28. The molecule has 6 nitrogen and oxygen atoms in total. The van der Waals surface area contributed by atoms with Crippen LogP contribution in [0, 0.1) is 0 Å². The first-order valence-electron chi connectivity index (χ1n) is 6.30. The summed E-state index contributed by atoms with van der Waals surface area (Å²) in [5.74, 6) is 5.09. The lowest BCUT2D eigenvalue weighted by atomic mass is 10.1. The average molecular weight is 244 g/mol. The molecule has 0 aliphatic carbocycles. The van der Waals surface area contributed by atoms with Crippen LogP contribution in [0.25, 0.3) is 0 Å². The zero-order valence-corrected chi connectivity index (χ0v) is 10.6. The normalized spacial score (nSPS) is 20.9. The summed E-state index contributed by atoms with van der Waals surface area (Å²) in [6, 6.07) is -0.130. The van der Waals surface area contributed by atoms with E-state index in [1.54, 1.807) is 0 Å². The Balaban J connectivity index is 2.51. The fourth-order valence-electron chi connectivity index (χ4n) is 2.37. The van der Waals surface area contributed by atoms with Crippen molar-refractivity contribution in [1.82, 2.24) is 15.2 Å². The number of β-amino-alcohol motifs (C(OH)–C–C–N with tert-alkyl or cyclic N) is 1. The van der Waals surface area contributed by atoms with E-state index in [2.05, 4.69) is 15.2 Å². The van der Waals surface area contributed by atoms with Gasteiger partial charge in [0, 0.05) is 26.2 Å². The molecular weight excluding hydrogens is 220 g/mol. The topological polar surface area (TPSA) is 81.8 Å². The first-order chi connectivity index (χ1) is 8.22. The minimum atomic E-state index is -0.130. The number of amides is 1. The molecule has 1 atom stereocenters. The zero-order valence-electron chi connectivity index (χ0n) is 10.6. The number of hydrazine groups is 1. The van der Waals surface area contributed by atoms with Gasteiger partial charge in [0.25, 0.3) is 5.91 Å². The van der Waals surface area contributed by atoms with E-state index in [0.717, 1.165) is 39.0 Å². The van der Waals surface area contributed by atoms with Crippen molar-refractivity contribution in [3.8, 4) is 0 Å². The maximum absolute atomic E-state index is 11.6. The molecular formula is C11H24N4O2. The van der Waals surface area contributed by atoms with Crippen molar-refractivity contribution in [2.45, 2.75) is 25.8 Å². The molecule has 0 bridgehead atoms. The lowest BCUT2D eigenvalue weighted by molar-refractivity contribution is -0.126. The second kappa shape index (κ2) is 7.60. The minimum absolute atomic E-state index is 0.108. The Morgan fingerprint density at radius 2 is 2.18 bits per heavy atom. The second-order valence-electron chi connectivity index (χ2n) is 4.39. The van der Waals surface area contributed by atoms with Gasteiger partial charge in [-0.25, -0.2) is 5.84 Å². The molecule has 1 amide bonds. The number of nitrogens with two attached hydrogens (primary N) is 1. The van der Waals surface area contributed by atoms with Crippen molar-refractivity contribution in [1.29, 1.82) is 0 Å². The minimum Gasteiger partial charge on any atom is -0.395 e. The van der Waals surface area contributed by atoms with E-state index in [1.807, 2.05) is 6.92 Å². The quantitative estimate of drug-likeness (QED) is 0.320. The summed E-state index contributed by atoms with van der Waals surface area (Å²) in [7, 11) is 0. The monoisotopic (exact) mass is 244 g/mol. The standard InChI is InChI=1S/C11H24N4O2/c1-2-10(11(17)13-12)15-5-3-4-14(6-7-15)8-9-16/h10,16H,2-9,12H2,1H3,(H,13,17). The molecule has 6 heteroatoms. The summed E-state index contributed by atoms with van der Waals surface area (Å²) in [5, 5.41) is 8.92. The summed E-state index contributed by atoms with van der Waals surface area (Å²) in [6.07, 6.45) is 1.79. The highest BCUT2D eigenvalue weighted by Crippen LogP contribution is 2.09. The van der Waals surface area contributed by atoms with Crippen LogP contribution < -0.4 is 11.3 Å². The number of hydrogen-bond donors (Lipinski definition) is 3. The van der Waals surface area contributed by atoms with Crippen molar-refractivity contribution in [3.05, 3.63) is 0 Å². The predicted molar refractivity (Wildman–Crippen MR) is 66.1 cm³/mol. The number of hydrogen-bond acceptors (Lipinski definition) is 5. The Kier molecular flexibility index (Phi) is 6.43. The molecule has 0 spiro atoms. The summed E-state index contributed by atoms with van der Waals surface area (Å²) < 4.78 is 0. The Labute approximate surface area is 103 Å². The second-order valence-corrected chi connectivity index (χ2v) is 4.39. The number of nitrogens with zero attached hydrogens (tertiary/aromatic N) is 2. The van der Waals surface area contributed by atoms with Gasteiger partial charge in [-0.2, -0.15) is 0 Å². The van der Waals surface area contributed by atoms with Gasteiger partial charge in [0.05, 0.1) is 12.6 Å². The van der Waals surface area contributed by atoms with Crippen LogP contribution >= 0.6 is 0 Å². The molecule has 17 heavy (non-hydrogen) atoms. The average Bonchev–Trinajstić information content (AvgIpc) is 2.56. The Morgan fingerprint density at radius 3 is 2.76 bits per heavy atom. The summed E-state index contributed by atoms with van der Waals surface area (Å²) >= 11 is 0. The van der Waals surface area contributed by atoms with Crippen molar-refractivity contribution in [3.63, 3.8) is 0 Å². The fraction of sp³-hybridized carbons (Fsp3) is 0.909. The predicted octanol–water partition coefficient (Wildman–Crippen LogP) is -1.25. The van der Waals surface area contributed by atoms with E-state index in [0.29, 0.717) is 6.54 Å². The van der Waals surface area contributed by atoms with Crippen molar-refractivity contribution in [2.75, 3.05) is 39.3 Å². The van der Waals surface area contributed by atoms with E-state index in [4.69, 9.17) is 10.9 Å². The van der Waals surface area contributed by atoms with E-state index >= 15 is 0 Å². The molecule has 100 valence electrons. The lowest BCUT2D eigenvalue weighted by Crippen LogP contribution is -2.49.